The number of piperidine rings is 1. The fourth-order valence-electron chi connectivity index (χ4n) is 3.07. The second-order valence-electron chi connectivity index (χ2n) is 6.70. The van der Waals surface area contributed by atoms with Gasteiger partial charge in [-0.25, -0.2) is 9.97 Å². The largest absolute Gasteiger partial charge is 0.364 e. The molecule has 26 heavy (non-hydrogen) atoms. The Kier molecular flexibility index (Phi) is 5.37. The average molecular weight is 394 g/mol. The molecular weight excluding hydrogens is 373 g/mol. The number of carbonyl (C=O) groups excluding carboxylic acids is 1. The van der Waals surface area contributed by atoms with Crippen LogP contribution >= 0.6 is 23.2 Å². The van der Waals surface area contributed by atoms with E-state index in [-0.39, 0.29) is 11.2 Å². The fraction of sp³-hybridized carbons (Fsp3) is 0.389. The lowest BCUT2D eigenvalue weighted by Crippen LogP contribution is -2.50. The zero-order chi connectivity index (χ0) is 18.9. The van der Waals surface area contributed by atoms with Crippen LogP contribution in [0.15, 0.2) is 24.4 Å². The van der Waals surface area contributed by atoms with E-state index in [0.717, 1.165) is 25.9 Å². The smallest absolute Gasteiger partial charge is 0.268 e. The van der Waals surface area contributed by atoms with Crippen molar-refractivity contribution in [2.75, 3.05) is 25.0 Å². The lowest BCUT2D eigenvalue weighted by Gasteiger charge is -2.39. The number of primary amides is 1. The van der Waals surface area contributed by atoms with E-state index in [1.54, 1.807) is 24.4 Å². The molecule has 1 amide bonds. The van der Waals surface area contributed by atoms with Crippen LogP contribution in [0.1, 0.15) is 30.3 Å². The summed E-state index contributed by atoms with van der Waals surface area (Å²) in [7, 11) is 1.97. The number of benzene rings is 1. The van der Waals surface area contributed by atoms with Crippen LogP contribution in [0.25, 0.3) is 11.1 Å². The van der Waals surface area contributed by atoms with Crippen LogP contribution < -0.4 is 16.0 Å². The highest BCUT2D eigenvalue weighted by Crippen LogP contribution is 2.35. The molecule has 1 aliphatic rings. The lowest BCUT2D eigenvalue weighted by molar-refractivity contribution is 0.0996. The van der Waals surface area contributed by atoms with Gasteiger partial charge in [0.05, 0.1) is 10.0 Å². The summed E-state index contributed by atoms with van der Waals surface area (Å²) in [5.74, 6) is -0.129. The lowest BCUT2D eigenvalue weighted by atomic mass is 9.90. The predicted octanol–water partition coefficient (Wildman–Crippen LogP) is 3.13. The predicted molar refractivity (Wildman–Crippen MR) is 105 cm³/mol. The Labute approximate surface area is 162 Å². The number of nitrogens with two attached hydrogens (primary N) is 1. The second kappa shape index (κ2) is 7.39. The molecule has 1 aromatic heterocycles. The maximum atomic E-state index is 12.0. The van der Waals surface area contributed by atoms with Crippen molar-refractivity contribution in [3.63, 3.8) is 0 Å². The van der Waals surface area contributed by atoms with Gasteiger partial charge in [-0.3, -0.25) is 4.79 Å². The van der Waals surface area contributed by atoms with Crippen LogP contribution in [-0.4, -0.2) is 41.6 Å². The summed E-state index contributed by atoms with van der Waals surface area (Å²) in [5.41, 5.74) is 6.88. The monoisotopic (exact) mass is 393 g/mol. The van der Waals surface area contributed by atoms with Gasteiger partial charge in [-0.1, -0.05) is 35.3 Å². The van der Waals surface area contributed by atoms with Gasteiger partial charge in [0.2, 0.25) is 5.95 Å². The Balaban J connectivity index is 1.96. The number of nitrogens with one attached hydrogen (secondary N) is 1. The molecule has 0 radical (unpaired) electrons. The maximum absolute atomic E-state index is 12.0. The summed E-state index contributed by atoms with van der Waals surface area (Å²) in [6, 6.07) is 5.20. The van der Waals surface area contributed by atoms with Crippen LogP contribution in [0.5, 0.6) is 0 Å². The minimum absolute atomic E-state index is 0.108. The summed E-state index contributed by atoms with van der Waals surface area (Å²) in [6.45, 7) is 3.80. The molecule has 0 spiro atoms. The van der Waals surface area contributed by atoms with Gasteiger partial charge in [0.1, 0.15) is 5.69 Å². The molecule has 1 fully saturated rings. The average Bonchev–Trinajstić information content (AvgIpc) is 2.64. The van der Waals surface area contributed by atoms with Gasteiger partial charge in [0.15, 0.2) is 0 Å². The molecule has 1 saturated heterocycles. The third-order valence-electron chi connectivity index (χ3n) is 5.00. The van der Waals surface area contributed by atoms with Gasteiger partial charge in [-0.15, -0.1) is 0 Å². The summed E-state index contributed by atoms with van der Waals surface area (Å²) >= 11 is 12.4. The van der Waals surface area contributed by atoms with Crippen LogP contribution in [0, 0.1) is 0 Å². The molecule has 3 rings (SSSR count). The van der Waals surface area contributed by atoms with Crippen LogP contribution in [0.2, 0.25) is 10.0 Å². The molecule has 0 atom stereocenters. The first-order valence-corrected chi connectivity index (χ1v) is 9.15. The van der Waals surface area contributed by atoms with E-state index in [2.05, 4.69) is 27.1 Å². The van der Waals surface area contributed by atoms with Gasteiger partial charge in [-0.2, -0.15) is 0 Å². The highest BCUT2D eigenvalue weighted by molar-refractivity contribution is 6.43. The Hall–Kier alpha value is -1.89. The van der Waals surface area contributed by atoms with E-state index in [0.29, 0.717) is 27.1 Å². The van der Waals surface area contributed by atoms with Gasteiger partial charge >= 0.3 is 0 Å². The summed E-state index contributed by atoms with van der Waals surface area (Å²) in [4.78, 5) is 23.0. The van der Waals surface area contributed by atoms with Crippen LogP contribution in [0.4, 0.5) is 5.95 Å². The highest BCUT2D eigenvalue weighted by atomic mass is 35.5. The van der Waals surface area contributed by atoms with Gasteiger partial charge in [0, 0.05) is 36.0 Å². The molecule has 2 heterocycles. The fourth-order valence-corrected chi connectivity index (χ4v) is 3.47. The number of rotatable bonds is 4. The molecule has 1 aromatic carbocycles. The number of halogens is 2. The quantitative estimate of drug-likeness (QED) is 0.833. The molecule has 6 nitrogen and oxygen atoms in total. The number of hydrogen-bond acceptors (Lipinski definition) is 5. The standard InChI is InChI=1S/C18H21Cl2N5O/c1-18(22-2)6-8-25(9-7-18)17-23-10-12(15(24-17)16(21)26)11-4-3-5-13(19)14(11)20/h3-5,10,22H,6-9H2,1-2H3,(H2,21,26). The minimum atomic E-state index is -0.628. The van der Waals surface area contributed by atoms with Crippen molar-refractivity contribution in [2.24, 2.45) is 5.73 Å². The molecule has 0 aliphatic carbocycles. The third kappa shape index (κ3) is 3.63. The number of nitrogens with zero attached hydrogens (tertiary/aromatic N) is 3. The first-order valence-electron chi connectivity index (χ1n) is 8.40. The van der Waals surface area contributed by atoms with Crippen molar-refractivity contribution in [2.45, 2.75) is 25.3 Å². The number of anilines is 1. The first kappa shape index (κ1) is 18.9. The molecule has 0 saturated carbocycles. The Morgan fingerprint density at radius 3 is 2.58 bits per heavy atom. The minimum Gasteiger partial charge on any atom is -0.364 e. The van der Waals surface area contributed by atoms with Gasteiger partial charge in [0.25, 0.3) is 5.91 Å². The van der Waals surface area contributed by atoms with Crippen LogP contribution in [-0.2, 0) is 0 Å². The maximum Gasteiger partial charge on any atom is 0.268 e. The SMILES string of the molecule is CNC1(C)CCN(c2ncc(-c3cccc(Cl)c3Cl)c(C(N)=O)n2)CC1. The zero-order valence-corrected chi connectivity index (χ0v) is 16.2. The van der Waals surface area contributed by atoms with E-state index in [1.165, 1.54) is 0 Å². The van der Waals surface area contributed by atoms with Crippen molar-refractivity contribution in [1.82, 2.24) is 15.3 Å². The van der Waals surface area contributed by atoms with Gasteiger partial charge in [-0.05, 0) is 32.9 Å². The van der Waals surface area contributed by atoms with Crippen LogP contribution in [0.3, 0.4) is 0 Å². The summed E-state index contributed by atoms with van der Waals surface area (Å²) in [6.07, 6.45) is 3.51. The molecule has 0 bridgehead atoms. The van der Waals surface area contributed by atoms with Crippen molar-refractivity contribution in [3.05, 3.63) is 40.1 Å². The molecule has 1 aliphatic heterocycles. The normalized spacial score (nSPS) is 16.5. The van der Waals surface area contributed by atoms with Crippen molar-refractivity contribution in [3.8, 4) is 11.1 Å². The van der Waals surface area contributed by atoms with Gasteiger partial charge < -0.3 is 16.0 Å². The third-order valence-corrected chi connectivity index (χ3v) is 5.82. The van der Waals surface area contributed by atoms with E-state index in [4.69, 9.17) is 28.9 Å². The number of hydrogen-bond donors (Lipinski definition) is 2. The van der Waals surface area contributed by atoms with E-state index in [9.17, 15) is 4.79 Å². The van der Waals surface area contributed by atoms with E-state index >= 15 is 0 Å². The number of amides is 1. The zero-order valence-electron chi connectivity index (χ0n) is 14.7. The molecule has 3 N–H and O–H groups in total. The van der Waals surface area contributed by atoms with E-state index < -0.39 is 5.91 Å². The first-order chi connectivity index (χ1) is 12.3. The summed E-state index contributed by atoms with van der Waals surface area (Å²) in [5, 5.41) is 4.09. The van der Waals surface area contributed by atoms with Crippen molar-refractivity contribution >= 4 is 35.1 Å². The molecule has 0 unspecified atom stereocenters. The highest BCUT2D eigenvalue weighted by Gasteiger charge is 2.30. The Bertz CT molecular complexity index is 834. The van der Waals surface area contributed by atoms with Crippen molar-refractivity contribution in [1.29, 1.82) is 0 Å². The Morgan fingerprint density at radius 1 is 1.27 bits per heavy atom. The van der Waals surface area contributed by atoms with Crippen molar-refractivity contribution < 1.29 is 4.79 Å². The molecule has 2 aromatic rings. The number of carbonyl (C=O) groups is 1. The molecule has 8 heteroatoms. The molecule has 138 valence electrons. The summed E-state index contributed by atoms with van der Waals surface area (Å²) < 4.78 is 0. The molecular formula is C18H21Cl2N5O. The number of aromatic nitrogens is 2. The Morgan fingerprint density at radius 2 is 1.96 bits per heavy atom. The topological polar surface area (TPSA) is 84.1 Å². The second-order valence-corrected chi connectivity index (χ2v) is 7.48. The van der Waals surface area contributed by atoms with E-state index in [1.807, 2.05) is 7.05 Å².